The summed E-state index contributed by atoms with van der Waals surface area (Å²) in [6.45, 7) is 12.1. The molecule has 0 aliphatic carbocycles. The largest absolute Gasteiger partial charge is 0.494 e. The van der Waals surface area contributed by atoms with Crippen LogP contribution in [-0.4, -0.2) is 86.5 Å². The van der Waals surface area contributed by atoms with E-state index in [1.807, 2.05) is 6.92 Å². The van der Waals surface area contributed by atoms with Gasteiger partial charge in [0.15, 0.2) is 5.75 Å². The Bertz CT molecular complexity index is 3360. The van der Waals surface area contributed by atoms with Crippen LogP contribution in [0.4, 0.5) is 11.4 Å². The normalized spacial score (nSPS) is 11.1. The molecule has 6 aromatic rings. The van der Waals surface area contributed by atoms with Crippen LogP contribution in [0.25, 0.3) is 11.1 Å². The first-order valence-corrected chi connectivity index (χ1v) is 31.2. The fourth-order valence-corrected chi connectivity index (χ4v) is 9.35. The van der Waals surface area contributed by atoms with Crippen molar-refractivity contribution >= 4 is 47.2 Å². The van der Waals surface area contributed by atoms with Crippen molar-refractivity contribution in [3.05, 3.63) is 185 Å². The Morgan fingerprint density at radius 2 is 0.902 bits per heavy atom. The zero-order chi connectivity index (χ0) is 65.9. The molecule has 0 aliphatic rings. The Morgan fingerprint density at radius 3 is 1.39 bits per heavy atom. The molecule has 0 unspecified atom stereocenters. The summed E-state index contributed by atoms with van der Waals surface area (Å²) >= 11 is 0. The summed E-state index contributed by atoms with van der Waals surface area (Å²) in [4.78, 5) is 88.3. The lowest BCUT2D eigenvalue weighted by atomic mass is 10.0. The van der Waals surface area contributed by atoms with Crippen LogP contribution in [0.3, 0.4) is 0 Å². The molecule has 92 heavy (non-hydrogen) atoms. The highest BCUT2D eigenvalue weighted by atomic mass is 16.6. The van der Waals surface area contributed by atoms with Gasteiger partial charge < -0.3 is 53.1 Å². The standard InChI is InChI=1S/C72H82N2O18/c1-5-8-9-18-23-51(4)89-66-50-64(73)62(49-65(66)74(81)82)52-24-26-53(27-25-52)69(77)90-58-37-33-57(34-38-58)85-46-47-88-71(79)63-48-54(70(78)91-59-35-29-55(30-36-59)83-42-19-14-10-12-16-21-44-86-67(75)6-2)28-41-61(63)72(80)92-60-39-31-56(32-40-60)84-43-20-15-11-13-17-22-45-87-68(76)7-3/h6-7,24-41,48-51H,2-3,5,8-23,42-47,73H2,1,4H3/t51-/m0/s1. The van der Waals surface area contributed by atoms with E-state index in [9.17, 15) is 38.9 Å². The van der Waals surface area contributed by atoms with Gasteiger partial charge in [-0.15, -0.1) is 0 Å². The van der Waals surface area contributed by atoms with E-state index in [0.29, 0.717) is 54.8 Å². The minimum atomic E-state index is -0.956. The van der Waals surface area contributed by atoms with Crippen molar-refractivity contribution in [2.24, 2.45) is 0 Å². The maximum Gasteiger partial charge on any atom is 0.344 e. The fraction of sp³-hybridized carbons (Fsp3) is 0.361. The molecule has 488 valence electrons. The summed E-state index contributed by atoms with van der Waals surface area (Å²) in [7, 11) is 0. The van der Waals surface area contributed by atoms with Gasteiger partial charge in [0.05, 0.1) is 59.7 Å². The van der Waals surface area contributed by atoms with E-state index >= 15 is 0 Å². The van der Waals surface area contributed by atoms with Crippen LogP contribution in [-0.2, 0) is 23.8 Å². The van der Waals surface area contributed by atoms with Crippen molar-refractivity contribution in [3.8, 4) is 51.4 Å². The molecular weight excluding hydrogens is 1180 g/mol. The summed E-state index contributed by atoms with van der Waals surface area (Å²) in [6.07, 6.45) is 18.2. The minimum absolute atomic E-state index is 0.0581. The van der Waals surface area contributed by atoms with Crippen molar-refractivity contribution in [3.63, 3.8) is 0 Å². The van der Waals surface area contributed by atoms with Crippen molar-refractivity contribution < 1.29 is 81.1 Å². The van der Waals surface area contributed by atoms with Gasteiger partial charge in [0, 0.05) is 35.5 Å². The molecule has 20 heteroatoms. The molecule has 0 saturated carbocycles. The first-order valence-electron chi connectivity index (χ1n) is 31.2. The maximum atomic E-state index is 13.8. The molecule has 0 amide bonds. The molecule has 0 bridgehead atoms. The van der Waals surface area contributed by atoms with Crippen LogP contribution < -0.4 is 38.9 Å². The molecule has 6 rings (SSSR count). The highest BCUT2D eigenvalue weighted by molar-refractivity contribution is 6.06. The van der Waals surface area contributed by atoms with E-state index in [4.69, 9.17) is 53.1 Å². The third-order valence-electron chi connectivity index (χ3n) is 14.4. The molecule has 0 fully saturated rings. The number of hydrogen-bond donors (Lipinski definition) is 1. The SMILES string of the molecule is C=CC(=O)OCCCCCCCCOc1ccc(OC(=O)c2ccc(C(=O)Oc3ccc(OCCCCCCCCOC(=O)C=C)cc3)c(C(=O)OCCOc3ccc(OC(=O)c4ccc(-c5cc([N+](=O)[O-])c(O[C@@H](C)CCCCCC)cc5N)cc4)cc3)c2)cc1. The lowest BCUT2D eigenvalue weighted by Gasteiger charge is -2.16. The molecule has 2 N–H and O–H groups in total. The lowest BCUT2D eigenvalue weighted by molar-refractivity contribution is -0.386. The van der Waals surface area contributed by atoms with Crippen LogP contribution in [0.15, 0.2) is 153 Å². The molecule has 0 radical (unpaired) electrons. The number of ether oxygens (including phenoxy) is 10. The van der Waals surface area contributed by atoms with E-state index in [2.05, 4.69) is 20.1 Å². The Hall–Kier alpha value is -9.98. The average molecular weight is 1260 g/mol. The molecule has 0 saturated heterocycles. The fourth-order valence-electron chi connectivity index (χ4n) is 9.35. The predicted molar refractivity (Wildman–Crippen MR) is 347 cm³/mol. The van der Waals surface area contributed by atoms with Gasteiger partial charge in [-0.25, -0.2) is 28.8 Å². The molecule has 0 aliphatic heterocycles. The Kier molecular flexibility index (Phi) is 30.3. The summed E-state index contributed by atoms with van der Waals surface area (Å²) < 4.78 is 56.1. The second-order valence-electron chi connectivity index (χ2n) is 21.5. The number of carbonyl (C=O) groups excluding carboxylic acids is 6. The van der Waals surface area contributed by atoms with Crippen molar-refractivity contribution in [1.82, 2.24) is 0 Å². The third-order valence-corrected chi connectivity index (χ3v) is 14.4. The quantitative estimate of drug-likeness (QED) is 0.00545. The molecule has 0 aromatic heterocycles. The Balaban J connectivity index is 1.01. The van der Waals surface area contributed by atoms with Crippen LogP contribution >= 0.6 is 0 Å². The highest BCUT2D eigenvalue weighted by Gasteiger charge is 2.25. The number of benzene rings is 6. The van der Waals surface area contributed by atoms with Gasteiger partial charge in [-0.05, 0) is 154 Å². The Morgan fingerprint density at radius 1 is 0.467 bits per heavy atom. The van der Waals surface area contributed by atoms with Gasteiger partial charge in [-0.3, -0.25) is 10.1 Å². The number of esters is 6. The maximum absolute atomic E-state index is 13.8. The number of anilines is 1. The van der Waals surface area contributed by atoms with Crippen LogP contribution in [0, 0.1) is 10.1 Å². The van der Waals surface area contributed by atoms with E-state index in [0.717, 1.165) is 121 Å². The van der Waals surface area contributed by atoms with Crippen LogP contribution in [0.1, 0.15) is 164 Å². The number of nitrogens with zero attached hydrogens (tertiary/aromatic N) is 1. The van der Waals surface area contributed by atoms with Gasteiger partial charge in [0.25, 0.3) is 0 Å². The second-order valence-corrected chi connectivity index (χ2v) is 21.5. The van der Waals surface area contributed by atoms with Gasteiger partial charge in [-0.1, -0.05) is 103 Å². The minimum Gasteiger partial charge on any atom is -0.494 e. The zero-order valence-corrected chi connectivity index (χ0v) is 52.4. The second kappa shape index (κ2) is 39.2. The number of unbranched alkanes of at least 4 members (excludes halogenated alkanes) is 13. The monoisotopic (exact) mass is 1260 g/mol. The summed E-state index contributed by atoms with van der Waals surface area (Å²) in [6, 6.07) is 32.0. The van der Waals surface area contributed by atoms with Crippen molar-refractivity contribution in [2.75, 3.05) is 45.4 Å². The lowest BCUT2D eigenvalue weighted by Crippen LogP contribution is -2.19. The van der Waals surface area contributed by atoms with Crippen molar-refractivity contribution in [2.45, 2.75) is 129 Å². The number of nitro groups is 1. The molecular formula is C72H82N2O18. The molecule has 6 aromatic carbocycles. The van der Waals surface area contributed by atoms with Gasteiger partial charge in [0.1, 0.15) is 47.7 Å². The van der Waals surface area contributed by atoms with E-state index in [-0.39, 0.29) is 75.9 Å². The first-order chi connectivity index (χ1) is 44.6. The topological polar surface area (TPSA) is 264 Å². The van der Waals surface area contributed by atoms with Crippen LogP contribution in [0.2, 0.25) is 0 Å². The molecule has 0 spiro atoms. The number of nitrogens with two attached hydrogens (primary N) is 1. The van der Waals surface area contributed by atoms with Crippen molar-refractivity contribution in [1.29, 1.82) is 0 Å². The summed E-state index contributed by atoms with van der Waals surface area (Å²) in [5.74, 6) is -2.01. The average Bonchev–Trinajstić information content (AvgIpc) is 0.835. The van der Waals surface area contributed by atoms with Gasteiger partial charge in [-0.2, -0.15) is 0 Å². The summed E-state index contributed by atoms with van der Waals surface area (Å²) in [5, 5.41) is 12.1. The van der Waals surface area contributed by atoms with Gasteiger partial charge >= 0.3 is 41.5 Å². The smallest absolute Gasteiger partial charge is 0.344 e. The molecule has 0 heterocycles. The number of hydrogen-bond acceptors (Lipinski definition) is 19. The molecule has 1 atom stereocenters. The number of nitro benzene ring substituents is 1. The van der Waals surface area contributed by atoms with E-state index in [1.165, 1.54) is 54.6 Å². The number of carbonyl (C=O) groups is 6. The number of rotatable bonds is 42. The zero-order valence-electron chi connectivity index (χ0n) is 52.4. The van der Waals surface area contributed by atoms with Crippen LogP contribution in [0.5, 0.6) is 40.2 Å². The first kappa shape index (κ1) is 71.1. The third kappa shape index (κ3) is 24.8. The predicted octanol–water partition coefficient (Wildman–Crippen LogP) is 15.4. The number of nitrogen functional groups attached to an aromatic ring is 1. The Labute approximate surface area is 537 Å². The van der Waals surface area contributed by atoms with E-state index < -0.39 is 40.7 Å². The van der Waals surface area contributed by atoms with Gasteiger partial charge in [0.2, 0.25) is 0 Å². The summed E-state index contributed by atoms with van der Waals surface area (Å²) in [5.41, 5.74) is 7.08. The molecule has 20 nitrogen and oxygen atoms in total. The van der Waals surface area contributed by atoms with E-state index in [1.54, 1.807) is 72.8 Å². The highest BCUT2D eigenvalue weighted by Crippen LogP contribution is 2.38.